The highest BCUT2D eigenvalue weighted by Crippen LogP contribution is 2.04. The minimum Gasteiger partial charge on any atom is -0.437 e. The molecule has 0 rings (SSSR count). The Bertz CT molecular complexity index is 584. The van der Waals surface area contributed by atoms with Crippen LogP contribution in [-0.2, 0) is 47.7 Å². The summed E-state index contributed by atoms with van der Waals surface area (Å²) in [6, 6.07) is 0. The molecule has 0 atom stereocenters. The Hall–Kier alpha value is -1.24. The van der Waals surface area contributed by atoms with Gasteiger partial charge in [0.25, 0.3) is 20.2 Å². The lowest BCUT2D eigenvalue weighted by molar-refractivity contribution is -0.151. The van der Waals surface area contributed by atoms with E-state index in [0.29, 0.717) is 12.8 Å². The van der Waals surface area contributed by atoms with Gasteiger partial charge in [0.15, 0.2) is 0 Å². The van der Waals surface area contributed by atoms with Crippen LogP contribution in [0.2, 0.25) is 0 Å². The number of esters is 2. The van der Waals surface area contributed by atoms with Gasteiger partial charge in [0, 0.05) is 12.8 Å². The van der Waals surface area contributed by atoms with Crippen molar-refractivity contribution in [3.63, 3.8) is 0 Å². The summed E-state index contributed by atoms with van der Waals surface area (Å²) in [6.45, 7) is 2.29. The second kappa shape index (κ2) is 13.9. The fourth-order valence-corrected chi connectivity index (χ4v) is 3.45. The van der Waals surface area contributed by atoms with Gasteiger partial charge in [-0.15, -0.1) is 0 Å². The summed E-state index contributed by atoms with van der Waals surface area (Å²) in [5, 5.41) is 0. The summed E-state index contributed by atoms with van der Waals surface area (Å²) >= 11 is 0. The predicted molar refractivity (Wildman–Crippen MR) is 95.3 cm³/mol. The van der Waals surface area contributed by atoms with Crippen LogP contribution < -0.4 is 0 Å². The van der Waals surface area contributed by atoms with Gasteiger partial charge in [-0.25, -0.2) is 8.37 Å². The van der Waals surface area contributed by atoms with Gasteiger partial charge in [0.1, 0.15) is 0 Å². The Morgan fingerprint density at radius 1 is 0.667 bits per heavy atom. The van der Waals surface area contributed by atoms with Gasteiger partial charge in [-0.2, -0.15) is 16.8 Å². The van der Waals surface area contributed by atoms with Gasteiger partial charge in [0.2, 0.25) is 13.6 Å². The van der Waals surface area contributed by atoms with Crippen LogP contribution >= 0.6 is 0 Å². The third-order valence-electron chi connectivity index (χ3n) is 3.15. The maximum atomic E-state index is 11.6. The molecule has 0 spiro atoms. The first-order valence-corrected chi connectivity index (χ1v) is 11.8. The van der Waals surface area contributed by atoms with Gasteiger partial charge in [-0.3, -0.25) is 9.59 Å². The molecule has 0 saturated carbocycles. The topological polar surface area (TPSA) is 139 Å². The Kier molecular flexibility index (Phi) is 13.2. The summed E-state index contributed by atoms with van der Waals surface area (Å²) in [6.07, 6.45) is 2.87. The van der Waals surface area contributed by atoms with Gasteiger partial charge >= 0.3 is 11.9 Å². The first kappa shape index (κ1) is 25.8. The first-order chi connectivity index (χ1) is 12.6. The van der Waals surface area contributed by atoms with Crippen molar-refractivity contribution in [3.05, 3.63) is 0 Å². The highest BCUT2D eigenvalue weighted by atomic mass is 32.2. The molecule has 0 heterocycles. The Labute approximate surface area is 160 Å². The molecular weight excluding hydrogens is 404 g/mol. The van der Waals surface area contributed by atoms with E-state index in [1.54, 1.807) is 0 Å². The standard InChI is InChI=1S/C15H28O10S2/c1-3-5-8-14(16)22-12-24-26(18,19)10-7-11-27(20,21)25-13-23-15(17)9-6-4-2/h3-13H2,1-2H3. The van der Waals surface area contributed by atoms with Crippen molar-refractivity contribution < 1.29 is 44.3 Å². The van der Waals surface area contributed by atoms with Crippen molar-refractivity contribution in [2.75, 3.05) is 25.1 Å². The van der Waals surface area contributed by atoms with Crippen LogP contribution in [0.25, 0.3) is 0 Å². The van der Waals surface area contributed by atoms with Crippen molar-refractivity contribution in [1.82, 2.24) is 0 Å². The van der Waals surface area contributed by atoms with E-state index in [1.807, 2.05) is 13.8 Å². The third kappa shape index (κ3) is 15.5. The third-order valence-corrected chi connectivity index (χ3v) is 5.64. The molecule has 0 fully saturated rings. The molecule has 0 amide bonds. The highest BCUT2D eigenvalue weighted by Gasteiger charge is 2.18. The summed E-state index contributed by atoms with van der Waals surface area (Å²) in [5.41, 5.74) is 0. The van der Waals surface area contributed by atoms with E-state index in [1.165, 1.54) is 0 Å². The van der Waals surface area contributed by atoms with E-state index in [9.17, 15) is 26.4 Å². The summed E-state index contributed by atoms with van der Waals surface area (Å²) < 4.78 is 64.5. The lowest BCUT2D eigenvalue weighted by atomic mass is 10.3. The number of carbonyl (C=O) groups is 2. The fraction of sp³-hybridized carbons (Fsp3) is 0.867. The van der Waals surface area contributed by atoms with Crippen LogP contribution in [0.5, 0.6) is 0 Å². The molecule has 0 aromatic carbocycles. The fourth-order valence-electron chi connectivity index (χ4n) is 1.64. The van der Waals surface area contributed by atoms with Crippen LogP contribution in [-0.4, -0.2) is 53.9 Å². The Balaban J connectivity index is 4.03. The van der Waals surface area contributed by atoms with Crippen molar-refractivity contribution >= 4 is 32.2 Å². The molecule has 160 valence electrons. The smallest absolute Gasteiger partial charge is 0.307 e. The van der Waals surface area contributed by atoms with E-state index in [4.69, 9.17) is 0 Å². The zero-order valence-electron chi connectivity index (χ0n) is 15.7. The SMILES string of the molecule is CCCCC(=O)OCOS(=O)(=O)CCCS(=O)(=O)OCOC(=O)CCCC. The average Bonchev–Trinajstić information content (AvgIpc) is 2.57. The van der Waals surface area contributed by atoms with Gasteiger partial charge < -0.3 is 9.47 Å². The second-order valence-corrected chi connectivity index (χ2v) is 9.11. The van der Waals surface area contributed by atoms with Gasteiger partial charge in [-0.1, -0.05) is 26.7 Å². The Morgan fingerprint density at radius 3 is 1.37 bits per heavy atom. The molecule has 10 nitrogen and oxygen atoms in total. The van der Waals surface area contributed by atoms with Crippen LogP contribution in [0.4, 0.5) is 0 Å². The summed E-state index contributed by atoms with van der Waals surface area (Å²) in [5.74, 6) is -2.34. The molecular formula is C15H28O10S2. The molecule has 0 saturated heterocycles. The monoisotopic (exact) mass is 432 g/mol. The molecule has 12 heteroatoms. The van der Waals surface area contributed by atoms with Crippen molar-refractivity contribution in [2.45, 2.75) is 58.8 Å². The van der Waals surface area contributed by atoms with Crippen molar-refractivity contribution in [2.24, 2.45) is 0 Å². The van der Waals surface area contributed by atoms with Gasteiger partial charge in [-0.05, 0) is 19.3 Å². The largest absolute Gasteiger partial charge is 0.437 e. The predicted octanol–water partition coefficient (Wildman–Crippen LogP) is 1.45. The number of unbranched alkanes of at least 4 members (excludes halogenated alkanes) is 2. The number of ether oxygens (including phenoxy) is 2. The molecule has 0 aromatic heterocycles. The molecule has 27 heavy (non-hydrogen) atoms. The van der Waals surface area contributed by atoms with Crippen molar-refractivity contribution in [1.29, 1.82) is 0 Å². The zero-order valence-corrected chi connectivity index (χ0v) is 17.3. The number of hydrogen-bond acceptors (Lipinski definition) is 10. The zero-order chi connectivity index (χ0) is 20.8. The lowest BCUT2D eigenvalue weighted by Crippen LogP contribution is -2.20. The van der Waals surface area contributed by atoms with Crippen LogP contribution in [0, 0.1) is 0 Å². The lowest BCUT2D eigenvalue weighted by Gasteiger charge is -2.08. The number of carbonyl (C=O) groups excluding carboxylic acids is 2. The molecule has 0 aliphatic carbocycles. The number of hydrogen-bond donors (Lipinski definition) is 0. The first-order valence-electron chi connectivity index (χ1n) is 8.67. The summed E-state index contributed by atoms with van der Waals surface area (Å²) in [4.78, 5) is 22.4. The molecule has 0 bridgehead atoms. The maximum absolute atomic E-state index is 11.6. The van der Waals surface area contributed by atoms with Crippen molar-refractivity contribution in [3.8, 4) is 0 Å². The minimum absolute atomic E-state index is 0.165. The van der Waals surface area contributed by atoms with E-state index < -0.39 is 57.3 Å². The highest BCUT2D eigenvalue weighted by molar-refractivity contribution is 7.87. The van der Waals surface area contributed by atoms with Crippen LogP contribution in [0.1, 0.15) is 58.8 Å². The quantitative estimate of drug-likeness (QED) is 0.200. The molecule has 0 aliphatic heterocycles. The van der Waals surface area contributed by atoms with E-state index in [0.717, 1.165) is 12.8 Å². The van der Waals surface area contributed by atoms with Gasteiger partial charge in [0.05, 0.1) is 11.5 Å². The van der Waals surface area contributed by atoms with E-state index in [2.05, 4.69) is 17.8 Å². The average molecular weight is 433 g/mol. The van der Waals surface area contributed by atoms with E-state index >= 15 is 0 Å². The minimum atomic E-state index is -4.05. The number of rotatable bonds is 16. The second-order valence-electron chi connectivity index (χ2n) is 5.59. The van der Waals surface area contributed by atoms with Crippen LogP contribution in [0.3, 0.4) is 0 Å². The molecule has 0 aromatic rings. The molecule has 0 radical (unpaired) electrons. The molecule has 0 unspecified atom stereocenters. The summed E-state index contributed by atoms with van der Waals surface area (Å²) in [7, 11) is -8.09. The maximum Gasteiger partial charge on any atom is 0.307 e. The normalized spacial score (nSPS) is 11.9. The molecule has 0 aliphatic rings. The van der Waals surface area contributed by atoms with E-state index in [-0.39, 0.29) is 19.3 Å². The molecule has 0 N–H and O–H groups in total. The van der Waals surface area contributed by atoms with Crippen LogP contribution in [0.15, 0.2) is 0 Å². The Morgan fingerprint density at radius 2 is 1.04 bits per heavy atom.